The van der Waals surface area contributed by atoms with Gasteiger partial charge in [-0.2, -0.15) is 4.72 Å². The van der Waals surface area contributed by atoms with Gasteiger partial charge >= 0.3 is 5.97 Å². The molecule has 3 N–H and O–H groups in total. The lowest BCUT2D eigenvalue weighted by molar-refractivity contribution is -0.141. The van der Waals surface area contributed by atoms with Crippen LogP contribution in [0.3, 0.4) is 0 Å². The van der Waals surface area contributed by atoms with Crippen LogP contribution in [-0.4, -0.2) is 43.9 Å². The number of hydrogen-bond acceptors (Lipinski definition) is 5. The number of aliphatic carboxylic acids is 1. The number of carboxylic acid groups (broad SMARTS) is 1. The second kappa shape index (κ2) is 6.42. The highest BCUT2D eigenvalue weighted by atomic mass is 32.2. The van der Waals surface area contributed by atoms with E-state index < -0.39 is 28.1 Å². The average Bonchev–Trinajstić information content (AvgIpc) is 2.35. The van der Waals surface area contributed by atoms with Crippen LogP contribution in [-0.2, 0) is 14.8 Å². The van der Waals surface area contributed by atoms with Gasteiger partial charge in [-0.25, -0.2) is 8.42 Å². The van der Waals surface area contributed by atoms with Crippen LogP contribution in [0.15, 0.2) is 17.0 Å². The molecule has 8 heteroatoms. The summed E-state index contributed by atoms with van der Waals surface area (Å²) in [6, 6.07) is 1.15. The van der Waals surface area contributed by atoms with Gasteiger partial charge in [-0.15, -0.1) is 0 Å². The molecule has 2 atom stereocenters. The van der Waals surface area contributed by atoms with Gasteiger partial charge in [0.15, 0.2) is 0 Å². The number of methoxy groups -OCH3 is 1. The summed E-state index contributed by atoms with van der Waals surface area (Å²) in [5.41, 5.74) is 1.23. The Kier molecular flexibility index (Phi) is 5.32. The van der Waals surface area contributed by atoms with Gasteiger partial charge in [-0.1, -0.05) is 0 Å². The third kappa shape index (κ3) is 3.93. The van der Waals surface area contributed by atoms with Crippen molar-refractivity contribution in [1.29, 1.82) is 0 Å². The number of ether oxygens (including phenoxy) is 1. The smallest absolute Gasteiger partial charge is 0.324 e. The fourth-order valence-electron chi connectivity index (χ4n) is 1.98. The zero-order chi connectivity index (χ0) is 16.4. The van der Waals surface area contributed by atoms with Gasteiger partial charge in [0.25, 0.3) is 0 Å². The van der Waals surface area contributed by atoms with Gasteiger partial charge in [0.05, 0.1) is 18.1 Å². The van der Waals surface area contributed by atoms with Crippen molar-refractivity contribution in [2.45, 2.75) is 37.8 Å². The van der Waals surface area contributed by atoms with Crippen LogP contribution < -0.4 is 9.46 Å². The van der Waals surface area contributed by atoms with Crippen molar-refractivity contribution in [3.63, 3.8) is 0 Å². The van der Waals surface area contributed by atoms with Crippen molar-refractivity contribution in [3.05, 3.63) is 23.3 Å². The molecular weight excluding hydrogens is 298 g/mol. The first kappa shape index (κ1) is 17.4. The van der Waals surface area contributed by atoms with Crippen LogP contribution in [0.25, 0.3) is 0 Å². The fourth-order valence-corrected chi connectivity index (χ4v) is 3.41. The largest absolute Gasteiger partial charge is 0.496 e. The highest BCUT2D eigenvalue weighted by Crippen LogP contribution is 2.26. The summed E-state index contributed by atoms with van der Waals surface area (Å²) >= 11 is 0. The number of carbonyl (C=O) groups is 1. The first-order chi connectivity index (χ1) is 9.60. The van der Waals surface area contributed by atoms with E-state index >= 15 is 0 Å². The Bertz CT molecular complexity index is 615. The Morgan fingerprint density at radius 2 is 1.76 bits per heavy atom. The van der Waals surface area contributed by atoms with E-state index in [2.05, 4.69) is 0 Å². The Morgan fingerprint density at radius 1 is 1.29 bits per heavy atom. The summed E-state index contributed by atoms with van der Waals surface area (Å²) in [5.74, 6) is -0.880. The number of aliphatic hydroxyl groups excluding tert-OH is 1. The number of carboxylic acids is 1. The Labute approximate surface area is 123 Å². The minimum Gasteiger partial charge on any atom is -0.496 e. The Hall–Kier alpha value is -1.64. The molecular formula is C13H19NO6S. The van der Waals surface area contributed by atoms with Crippen LogP contribution in [0.1, 0.15) is 18.1 Å². The molecule has 0 aliphatic rings. The lowest BCUT2D eigenvalue weighted by Crippen LogP contribution is -2.47. The topological polar surface area (TPSA) is 113 Å². The minimum atomic E-state index is -4.07. The van der Waals surface area contributed by atoms with E-state index in [4.69, 9.17) is 9.84 Å². The molecule has 0 aliphatic heterocycles. The summed E-state index contributed by atoms with van der Waals surface area (Å²) in [6.07, 6.45) is -1.36. The van der Waals surface area contributed by atoms with Gasteiger partial charge < -0.3 is 14.9 Å². The molecule has 1 rings (SSSR count). The molecule has 1 aromatic rings. The fraction of sp³-hybridized carbons (Fsp3) is 0.462. The highest BCUT2D eigenvalue weighted by Gasteiger charge is 2.29. The van der Waals surface area contributed by atoms with Gasteiger partial charge in [0.1, 0.15) is 11.8 Å². The first-order valence-corrected chi connectivity index (χ1v) is 7.67. The van der Waals surface area contributed by atoms with Gasteiger partial charge in [-0.3, -0.25) is 4.79 Å². The third-order valence-corrected chi connectivity index (χ3v) is 4.40. The predicted molar refractivity (Wildman–Crippen MR) is 75.9 cm³/mol. The van der Waals surface area contributed by atoms with E-state index in [1.54, 1.807) is 13.8 Å². The monoisotopic (exact) mass is 317 g/mol. The molecule has 0 saturated heterocycles. The van der Waals surface area contributed by atoms with Crippen LogP contribution >= 0.6 is 0 Å². The molecule has 1 aromatic carbocycles. The van der Waals surface area contributed by atoms with E-state index in [0.29, 0.717) is 16.9 Å². The second-order valence-electron chi connectivity index (χ2n) is 4.77. The van der Waals surface area contributed by atoms with Crippen molar-refractivity contribution >= 4 is 16.0 Å². The molecule has 0 fully saturated rings. The lowest BCUT2D eigenvalue weighted by atomic mass is 10.1. The molecule has 0 saturated carbocycles. The van der Waals surface area contributed by atoms with Crippen molar-refractivity contribution in [2.24, 2.45) is 0 Å². The maximum atomic E-state index is 12.2. The molecule has 0 spiro atoms. The Morgan fingerprint density at radius 3 is 2.10 bits per heavy atom. The van der Waals surface area contributed by atoms with E-state index in [1.165, 1.54) is 26.2 Å². The summed E-state index contributed by atoms with van der Waals surface area (Å²) in [7, 11) is -2.58. The van der Waals surface area contributed by atoms with E-state index in [0.717, 1.165) is 0 Å². The van der Waals surface area contributed by atoms with Gasteiger partial charge in [0.2, 0.25) is 10.0 Å². The minimum absolute atomic E-state index is 0.0785. The molecule has 0 heterocycles. The highest BCUT2D eigenvalue weighted by molar-refractivity contribution is 7.89. The van der Waals surface area contributed by atoms with Crippen LogP contribution in [0, 0.1) is 13.8 Å². The van der Waals surface area contributed by atoms with E-state index in [-0.39, 0.29) is 4.90 Å². The molecule has 7 nitrogen and oxygen atoms in total. The van der Waals surface area contributed by atoms with Crippen molar-refractivity contribution in [1.82, 2.24) is 4.72 Å². The zero-order valence-corrected chi connectivity index (χ0v) is 13.1. The Balaban J connectivity index is 3.23. The number of sulfonamides is 1. The second-order valence-corrected chi connectivity index (χ2v) is 6.48. The summed E-state index contributed by atoms with van der Waals surface area (Å²) < 4.78 is 31.6. The van der Waals surface area contributed by atoms with Gasteiger partial charge in [-0.05, 0) is 44.0 Å². The number of aliphatic hydroxyl groups is 1. The van der Waals surface area contributed by atoms with E-state index in [1.807, 2.05) is 4.72 Å². The standard InChI is InChI=1S/C13H19NO6S/c1-7-5-10(6-8(2)12(7)20-4)21(18,19)14-11(9(3)15)13(16)17/h5-6,9,11,14-15H,1-4H3,(H,16,17)/t9-,11-/m0/s1. The van der Waals surface area contributed by atoms with E-state index in [9.17, 15) is 18.3 Å². The third-order valence-electron chi connectivity index (χ3n) is 2.98. The summed E-state index contributed by atoms with van der Waals surface area (Å²) in [4.78, 5) is 10.9. The maximum Gasteiger partial charge on any atom is 0.324 e. The molecule has 0 aliphatic carbocycles. The number of rotatable bonds is 6. The van der Waals surface area contributed by atoms with Crippen molar-refractivity contribution in [3.8, 4) is 5.75 Å². The number of benzene rings is 1. The zero-order valence-electron chi connectivity index (χ0n) is 12.2. The molecule has 0 unspecified atom stereocenters. The van der Waals surface area contributed by atoms with Crippen LogP contribution in [0.5, 0.6) is 5.75 Å². The number of hydrogen-bond donors (Lipinski definition) is 3. The first-order valence-electron chi connectivity index (χ1n) is 6.18. The molecule has 21 heavy (non-hydrogen) atoms. The maximum absolute atomic E-state index is 12.2. The number of nitrogens with one attached hydrogen (secondary N) is 1. The normalized spacial score (nSPS) is 14.5. The van der Waals surface area contributed by atoms with Crippen molar-refractivity contribution < 1.29 is 28.2 Å². The van der Waals surface area contributed by atoms with Crippen LogP contribution in [0.4, 0.5) is 0 Å². The summed E-state index contributed by atoms with van der Waals surface area (Å²) in [6.45, 7) is 4.58. The van der Waals surface area contributed by atoms with Crippen LogP contribution in [0.2, 0.25) is 0 Å². The quantitative estimate of drug-likeness (QED) is 0.701. The van der Waals surface area contributed by atoms with Gasteiger partial charge in [0, 0.05) is 0 Å². The predicted octanol–water partition coefficient (Wildman–Crippen LogP) is 0.424. The molecule has 0 bridgehead atoms. The molecule has 0 amide bonds. The van der Waals surface area contributed by atoms with Crippen molar-refractivity contribution in [2.75, 3.05) is 7.11 Å². The average molecular weight is 317 g/mol. The summed E-state index contributed by atoms with van der Waals surface area (Å²) in [5, 5.41) is 18.3. The molecule has 0 aromatic heterocycles. The molecule has 0 radical (unpaired) electrons. The molecule has 118 valence electrons. The lowest BCUT2D eigenvalue weighted by Gasteiger charge is -2.18. The number of aryl methyl sites for hydroxylation is 2. The SMILES string of the molecule is COc1c(C)cc(S(=O)(=O)N[C@H](C(=O)O)[C@H](C)O)cc1C.